The molecular formula is C17H30O4. The minimum atomic E-state index is 0.569. The number of hydrogen-bond acceptors (Lipinski definition) is 4. The molecule has 0 heterocycles. The molecule has 1 unspecified atom stereocenters. The van der Waals surface area contributed by atoms with Gasteiger partial charge in [-0.2, -0.15) is 0 Å². The van der Waals surface area contributed by atoms with Crippen LogP contribution in [-0.4, -0.2) is 46.2 Å². The minimum Gasteiger partial charge on any atom is -0.496 e. The standard InChI is InChI=1S/C17H30O4/c1-4-16-12-15(3)13-17(14-16)21-11-10-20-9-8-19-7-6-18-5-2/h12,14-15H,4-11,13H2,1-3H3. The molecule has 0 aromatic heterocycles. The van der Waals surface area contributed by atoms with Crippen molar-refractivity contribution in [1.82, 2.24) is 0 Å². The lowest BCUT2D eigenvalue weighted by Gasteiger charge is -2.19. The lowest BCUT2D eigenvalue weighted by atomic mass is 9.95. The zero-order chi connectivity index (χ0) is 15.3. The lowest BCUT2D eigenvalue weighted by Crippen LogP contribution is -2.12. The molecule has 21 heavy (non-hydrogen) atoms. The highest BCUT2D eigenvalue weighted by Gasteiger charge is 2.11. The number of rotatable bonds is 12. The number of allylic oxidation sites excluding steroid dienone is 4. The van der Waals surface area contributed by atoms with E-state index < -0.39 is 0 Å². The second kappa shape index (κ2) is 11.8. The van der Waals surface area contributed by atoms with Crippen LogP contribution in [-0.2, 0) is 18.9 Å². The molecule has 1 rings (SSSR count). The summed E-state index contributed by atoms with van der Waals surface area (Å²) < 4.78 is 21.8. The van der Waals surface area contributed by atoms with Gasteiger partial charge >= 0.3 is 0 Å². The summed E-state index contributed by atoms with van der Waals surface area (Å²) in [5, 5.41) is 0. The number of hydrogen-bond donors (Lipinski definition) is 0. The monoisotopic (exact) mass is 298 g/mol. The third kappa shape index (κ3) is 8.91. The molecule has 0 aromatic carbocycles. The summed E-state index contributed by atoms with van der Waals surface area (Å²) in [6, 6.07) is 0. The largest absolute Gasteiger partial charge is 0.496 e. The first kappa shape index (κ1) is 18.2. The quantitative estimate of drug-likeness (QED) is 0.518. The van der Waals surface area contributed by atoms with Gasteiger partial charge in [-0.25, -0.2) is 0 Å². The predicted molar refractivity (Wildman–Crippen MR) is 84.3 cm³/mol. The summed E-state index contributed by atoms with van der Waals surface area (Å²) in [6.07, 6.45) is 6.54. The van der Waals surface area contributed by atoms with Crippen molar-refractivity contribution in [3.8, 4) is 0 Å². The molecule has 122 valence electrons. The van der Waals surface area contributed by atoms with Gasteiger partial charge < -0.3 is 18.9 Å². The summed E-state index contributed by atoms with van der Waals surface area (Å²) in [7, 11) is 0. The van der Waals surface area contributed by atoms with Crippen molar-refractivity contribution in [1.29, 1.82) is 0 Å². The molecule has 0 amide bonds. The van der Waals surface area contributed by atoms with Crippen LogP contribution < -0.4 is 0 Å². The van der Waals surface area contributed by atoms with Gasteiger partial charge in [-0.3, -0.25) is 0 Å². The SMILES string of the molecule is CCOCCOCCOCCOC1=CC(CC)=CC(C)C1. The van der Waals surface area contributed by atoms with Gasteiger partial charge in [0.05, 0.1) is 38.8 Å². The molecule has 0 spiro atoms. The average Bonchev–Trinajstić information content (AvgIpc) is 2.48. The van der Waals surface area contributed by atoms with Crippen LogP contribution in [0, 0.1) is 5.92 Å². The van der Waals surface area contributed by atoms with Gasteiger partial charge in [0, 0.05) is 13.0 Å². The average molecular weight is 298 g/mol. The molecule has 1 aliphatic rings. The normalized spacial score (nSPS) is 18.3. The lowest BCUT2D eigenvalue weighted by molar-refractivity contribution is 0.00585. The Morgan fingerprint density at radius 2 is 1.57 bits per heavy atom. The molecule has 0 fully saturated rings. The highest BCUT2D eigenvalue weighted by atomic mass is 16.6. The van der Waals surface area contributed by atoms with Crippen molar-refractivity contribution in [2.24, 2.45) is 5.92 Å². The second-order valence-electron chi connectivity index (χ2n) is 5.16. The van der Waals surface area contributed by atoms with Crippen molar-refractivity contribution in [2.75, 3.05) is 46.2 Å². The Morgan fingerprint density at radius 3 is 2.19 bits per heavy atom. The third-order valence-electron chi connectivity index (χ3n) is 3.24. The Morgan fingerprint density at radius 1 is 0.952 bits per heavy atom. The Balaban J connectivity index is 1.97. The van der Waals surface area contributed by atoms with Crippen molar-refractivity contribution in [3.05, 3.63) is 23.5 Å². The van der Waals surface area contributed by atoms with Crippen LogP contribution in [0.25, 0.3) is 0 Å². The topological polar surface area (TPSA) is 36.9 Å². The van der Waals surface area contributed by atoms with E-state index in [1.54, 1.807) is 0 Å². The summed E-state index contributed by atoms with van der Waals surface area (Å²) in [5.74, 6) is 1.65. The van der Waals surface area contributed by atoms with Gasteiger partial charge in [-0.05, 0) is 30.9 Å². The molecular weight excluding hydrogens is 268 g/mol. The van der Waals surface area contributed by atoms with Crippen molar-refractivity contribution < 1.29 is 18.9 Å². The summed E-state index contributed by atoms with van der Waals surface area (Å²) in [4.78, 5) is 0. The molecule has 0 bridgehead atoms. The maximum Gasteiger partial charge on any atom is 0.111 e. The zero-order valence-electron chi connectivity index (χ0n) is 13.7. The molecule has 0 saturated heterocycles. The van der Waals surface area contributed by atoms with Crippen LogP contribution in [0.2, 0.25) is 0 Å². The van der Waals surface area contributed by atoms with E-state index in [1.165, 1.54) is 5.57 Å². The van der Waals surface area contributed by atoms with Crippen LogP contribution in [0.15, 0.2) is 23.5 Å². The molecule has 4 nitrogen and oxygen atoms in total. The van der Waals surface area contributed by atoms with Gasteiger partial charge in [0.2, 0.25) is 0 Å². The van der Waals surface area contributed by atoms with Crippen molar-refractivity contribution in [3.63, 3.8) is 0 Å². The maximum atomic E-state index is 5.78. The van der Waals surface area contributed by atoms with Crippen molar-refractivity contribution in [2.45, 2.75) is 33.6 Å². The van der Waals surface area contributed by atoms with Gasteiger partial charge in [0.25, 0.3) is 0 Å². The Bertz CT molecular complexity index is 323. The fourth-order valence-corrected chi connectivity index (χ4v) is 2.19. The second-order valence-corrected chi connectivity index (χ2v) is 5.16. The third-order valence-corrected chi connectivity index (χ3v) is 3.24. The first-order valence-corrected chi connectivity index (χ1v) is 8.03. The summed E-state index contributed by atoms with van der Waals surface area (Å²) in [6.45, 7) is 10.8. The molecule has 0 saturated carbocycles. The van der Waals surface area contributed by atoms with Gasteiger partial charge in [0.15, 0.2) is 0 Å². The molecule has 1 aliphatic carbocycles. The van der Waals surface area contributed by atoms with Crippen molar-refractivity contribution >= 4 is 0 Å². The van der Waals surface area contributed by atoms with Gasteiger partial charge in [-0.1, -0.05) is 19.9 Å². The van der Waals surface area contributed by atoms with Gasteiger partial charge in [-0.15, -0.1) is 0 Å². The molecule has 0 radical (unpaired) electrons. The molecule has 0 aliphatic heterocycles. The highest BCUT2D eigenvalue weighted by Crippen LogP contribution is 2.24. The zero-order valence-corrected chi connectivity index (χ0v) is 13.7. The smallest absolute Gasteiger partial charge is 0.111 e. The van der Waals surface area contributed by atoms with Crippen LogP contribution in [0.5, 0.6) is 0 Å². The van der Waals surface area contributed by atoms with E-state index in [0.717, 1.165) is 25.2 Å². The van der Waals surface area contributed by atoms with E-state index in [-0.39, 0.29) is 0 Å². The molecule has 1 atom stereocenters. The van der Waals surface area contributed by atoms with E-state index >= 15 is 0 Å². The van der Waals surface area contributed by atoms with Gasteiger partial charge in [0.1, 0.15) is 6.61 Å². The van der Waals surface area contributed by atoms with Crippen LogP contribution in [0.3, 0.4) is 0 Å². The summed E-state index contributed by atoms with van der Waals surface area (Å²) >= 11 is 0. The summed E-state index contributed by atoms with van der Waals surface area (Å²) in [5.41, 5.74) is 1.37. The van der Waals surface area contributed by atoms with Crippen LogP contribution >= 0.6 is 0 Å². The van der Waals surface area contributed by atoms with E-state index in [4.69, 9.17) is 18.9 Å². The number of ether oxygens (including phenoxy) is 4. The van der Waals surface area contributed by atoms with E-state index in [2.05, 4.69) is 26.0 Å². The Kier molecular flexibility index (Phi) is 10.2. The maximum absolute atomic E-state index is 5.78. The van der Waals surface area contributed by atoms with E-state index in [9.17, 15) is 0 Å². The fourth-order valence-electron chi connectivity index (χ4n) is 2.19. The Hall–Kier alpha value is -0.840. The first-order valence-electron chi connectivity index (χ1n) is 8.03. The minimum absolute atomic E-state index is 0.569. The predicted octanol–water partition coefficient (Wildman–Crippen LogP) is 3.33. The first-order chi connectivity index (χ1) is 10.3. The molecule has 4 heteroatoms. The Labute approximate surface area is 129 Å². The molecule has 0 aromatic rings. The highest BCUT2D eigenvalue weighted by molar-refractivity contribution is 5.26. The van der Waals surface area contributed by atoms with Crippen LogP contribution in [0.4, 0.5) is 0 Å². The van der Waals surface area contributed by atoms with E-state index in [1.807, 2.05) is 6.92 Å². The van der Waals surface area contributed by atoms with Crippen LogP contribution in [0.1, 0.15) is 33.6 Å². The fraction of sp³-hybridized carbons (Fsp3) is 0.765. The molecule has 0 N–H and O–H groups in total. The van der Waals surface area contributed by atoms with E-state index in [0.29, 0.717) is 45.6 Å².